The Balaban J connectivity index is 2.01. The molecule has 0 fully saturated rings. The number of hydrogen-bond acceptors (Lipinski definition) is 4. The summed E-state index contributed by atoms with van der Waals surface area (Å²) < 4.78 is 0. The van der Waals surface area contributed by atoms with Crippen molar-refractivity contribution in [3.05, 3.63) is 30.4 Å². The molecular weight excluding hydrogens is 184 g/mol. The Kier molecular flexibility index (Phi) is 2.27. The molecule has 0 saturated carbocycles. The minimum atomic E-state index is 0.130. The summed E-state index contributed by atoms with van der Waals surface area (Å²) in [7, 11) is 0. The van der Waals surface area contributed by atoms with Crippen molar-refractivity contribution in [3.63, 3.8) is 0 Å². The molecule has 2 heterocycles. The van der Waals surface area contributed by atoms with E-state index >= 15 is 0 Å². The lowest BCUT2D eigenvalue weighted by Gasteiger charge is -2.20. The number of thiocarbonyl (C=S) groups is 1. The molecular formula is C8H10N4S. The van der Waals surface area contributed by atoms with Crippen molar-refractivity contribution in [2.75, 3.05) is 0 Å². The second-order valence-electron chi connectivity index (χ2n) is 2.84. The molecule has 1 aliphatic rings. The summed E-state index contributed by atoms with van der Waals surface area (Å²) in [6.07, 6.45) is 7.71. The Morgan fingerprint density at radius 3 is 3.31 bits per heavy atom. The summed E-state index contributed by atoms with van der Waals surface area (Å²) >= 11 is 4.89. The largest absolute Gasteiger partial charge is 0.366 e. The van der Waals surface area contributed by atoms with Gasteiger partial charge in [-0.05, 0) is 0 Å². The van der Waals surface area contributed by atoms with Gasteiger partial charge in [0, 0.05) is 36.1 Å². The van der Waals surface area contributed by atoms with E-state index < -0.39 is 0 Å². The van der Waals surface area contributed by atoms with Crippen LogP contribution in [-0.4, -0.2) is 26.6 Å². The molecule has 5 heteroatoms. The molecule has 0 aromatic carbocycles. The fraction of sp³-hybridized carbons (Fsp3) is 0.250. The Hall–Kier alpha value is -1.36. The standard InChI is InChI=1S/C8H10N4S/c13-6-8-9-1-2-12(8)5-7-3-10-11-4-7/h1-4,6,8-9H,5H2,(H,10,11). The third-order valence-electron chi connectivity index (χ3n) is 1.94. The quantitative estimate of drug-likeness (QED) is 0.692. The molecule has 0 spiro atoms. The average molecular weight is 194 g/mol. The molecule has 0 amide bonds. The van der Waals surface area contributed by atoms with Crippen LogP contribution in [0.4, 0.5) is 0 Å². The predicted molar refractivity (Wildman–Crippen MR) is 53.8 cm³/mol. The van der Waals surface area contributed by atoms with Crippen molar-refractivity contribution in [3.8, 4) is 0 Å². The summed E-state index contributed by atoms with van der Waals surface area (Å²) in [6, 6.07) is 0. The second-order valence-corrected chi connectivity index (χ2v) is 3.11. The summed E-state index contributed by atoms with van der Waals surface area (Å²) in [5, 5.41) is 11.5. The maximum atomic E-state index is 4.89. The number of nitrogens with zero attached hydrogens (tertiary/aromatic N) is 2. The van der Waals surface area contributed by atoms with Gasteiger partial charge in [-0.3, -0.25) is 5.10 Å². The molecule has 1 atom stereocenters. The van der Waals surface area contributed by atoms with Gasteiger partial charge in [-0.1, -0.05) is 12.2 Å². The molecule has 0 bridgehead atoms. The summed E-state index contributed by atoms with van der Waals surface area (Å²) in [5.41, 5.74) is 1.15. The lowest BCUT2D eigenvalue weighted by atomic mass is 10.3. The molecule has 0 radical (unpaired) electrons. The molecule has 13 heavy (non-hydrogen) atoms. The van der Waals surface area contributed by atoms with Gasteiger partial charge in [-0.15, -0.1) is 0 Å². The van der Waals surface area contributed by atoms with Gasteiger partial charge in [0.05, 0.1) is 6.20 Å². The van der Waals surface area contributed by atoms with E-state index in [1.54, 1.807) is 5.37 Å². The number of aromatic nitrogens is 2. The summed E-state index contributed by atoms with van der Waals surface area (Å²) in [5.74, 6) is 0. The fourth-order valence-electron chi connectivity index (χ4n) is 1.27. The molecule has 0 aliphatic carbocycles. The Bertz CT molecular complexity index is 306. The fourth-order valence-corrected chi connectivity index (χ4v) is 1.50. The Morgan fingerprint density at radius 1 is 1.69 bits per heavy atom. The van der Waals surface area contributed by atoms with Crippen LogP contribution in [0, 0.1) is 0 Å². The van der Waals surface area contributed by atoms with Crippen molar-refractivity contribution < 1.29 is 0 Å². The van der Waals surface area contributed by atoms with E-state index in [1.807, 2.05) is 24.8 Å². The zero-order chi connectivity index (χ0) is 9.10. The SMILES string of the molecule is S=CC1NC=CN1Cc1cn[nH]c1. The number of rotatable bonds is 3. The molecule has 1 unspecified atom stereocenters. The van der Waals surface area contributed by atoms with Crippen LogP contribution in [0.2, 0.25) is 0 Å². The number of H-pyrrole nitrogens is 1. The monoisotopic (exact) mass is 194 g/mol. The van der Waals surface area contributed by atoms with Crippen LogP contribution in [-0.2, 0) is 6.54 Å². The lowest BCUT2D eigenvalue weighted by Crippen LogP contribution is -2.35. The van der Waals surface area contributed by atoms with Crippen LogP contribution in [0.3, 0.4) is 0 Å². The summed E-state index contributed by atoms with van der Waals surface area (Å²) in [4.78, 5) is 2.11. The molecule has 2 rings (SSSR count). The highest BCUT2D eigenvalue weighted by Gasteiger charge is 2.15. The van der Waals surface area contributed by atoms with Crippen LogP contribution in [0.1, 0.15) is 5.56 Å². The summed E-state index contributed by atoms with van der Waals surface area (Å²) in [6.45, 7) is 0.817. The molecule has 0 saturated heterocycles. The molecule has 4 nitrogen and oxygen atoms in total. The van der Waals surface area contributed by atoms with E-state index in [0.29, 0.717) is 0 Å². The van der Waals surface area contributed by atoms with Crippen LogP contribution < -0.4 is 5.32 Å². The van der Waals surface area contributed by atoms with Gasteiger partial charge in [0.25, 0.3) is 0 Å². The minimum absolute atomic E-state index is 0.130. The third kappa shape index (κ3) is 1.70. The third-order valence-corrected chi connectivity index (χ3v) is 2.20. The highest BCUT2D eigenvalue weighted by molar-refractivity contribution is 7.79. The maximum Gasteiger partial charge on any atom is 0.128 e. The first kappa shape index (κ1) is 8.25. The van der Waals surface area contributed by atoms with E-state index in [-0.39, 0.29) is 6.17 Å². The van der Waals surface area contributed by atoms with E-state index in [1.165, 1.54) is 0 Å². The highest BCUT2D eigenvalue weighted by Crippen LogP contribution is 2.08. The van der Waals surface area contributed by atoms with Gasteiger partial charge in [-0.25, -0.2) is 0 Å². The van der Waals surface area contributed by atoms with Crippen molar-refractivity contribution in [2.45, 2.75) is 12.7 Å². The van der Waals surface area contributed by atoms with Crippen LogP contribution in [0.25, 0.3) is 0 Å². The molecule has 68 valence electrons. The van der Waals surface area contributed by atoms with Crippen LogP contribution >= 0.6 is 12.2 Å². The highest BCUT2D eigenvalue weighted by atomic mass is 32.1. The second kappa shape index (κ2) is 3.57. The first-order chi connectivity index (χ1) is 6.40. The first-order valence-electron chi connectivity index (χ1n) is 4.01. The Labute approximate surface area is 81.6 Å². The first-order valence-corrected chi connectivity index (χ1v) is 4.49. The number of nitrogens with one attached hydrogen (secondary N) is 2. The van der Waals surface area contributed by atoms with Crippen LogP contribution in [0.15, 0.2) is 24.8 Å². The number of aromatic amines is 1. The van der Waals surface area contributed by atoms with E-state index in [4.69, 9.17) is 12.2 Å². The molecule has 1 aromatic rings. The van der Waals surface area contributed by atoms with Crippen molar-refractivity contribution in [1.82, 2.24) is 20.4 Å². The normalized spacial score (nSPS) is 20.3. The van der Waals surface area contributed by atoms with E-state index in [0.717, 1.165) is 12.1 Å². The van der Waals surface area contributed by atoms with Gasteiger partial charge >= 0.3 is 0 Å². The van der Waals surface area contributed by atoms with E-state index in [2.05, 4.69) is 20.4 Å². The van der Waals surface area contributed by atoms with E-state index in [9.17, 15) is 0 Å². The van der Waals surface area contributed by atoms with Gasteiger partial charge < -0.3 is 10.2 Å². The minimum Gasteiger partial charge on any atom is -0.366 e. The topological polar surface area (TPSA) is 44.0 Å². The zero-order valence-electron chi connectivity index (χ0n) is 6.97. The molecule has 2 N–H and O–H groups in total. The average Bonchev–Trinajstić information content (AvgIpc) is 2.76. The lowest BCUT2D eigenvalue weighted by molar-refractivity contribution is 0.341. The van der Waals surface area contributed by atoms with Gasteiger partial charge in [0.2, 0.25) is 0 Å². The maximum absolute atomic E-state index is 4.89. The van der Waals surface area contributed by atoms with Gasteiger partial charge in [-0.2, -0.15) is 5.10 Å². The van der Waals surface area contributed by atoms with Gasteiger partial charge in [0.1, 0.15) is 6.17 Å². The predicted octanol–water partition coefficient (Wildman–Crippen LogP) is 0.612. The van der Waals surface area contributed by atoms with Crippen molar-refractivity contribution >= 4 is 17.6 Å². The number of hydrogen-bond donors (Lipinski definition) is 2. The zero-order valence-corrected chi connectivity index (χ0v) is 7.79. The van der Waals surface area contributed by atoms with Crippen LogP contribution in [0.5, 0.6) is 0 Å². The Morgan fingerprint density at radius 2 is 2.62 bits per heavy atom. The van der Waals surface area contributed by atoms with Crippen molar-refractivity contribution in [2.24, 2.45) is 0 Å². The smallest absolute Gasteiger partial charge is 0.128 e. The molecule has 1 aliphatic heterocycles. The van der Waals surface area contributed by atoms with Crippen molar-refractivity contribution in [1.29, 1.82) is 0 Å². The van der Waals surface area contributed by atoms with Gasteiger partial charge in [0.15, 0.2) is 0 Å². The molecule has 1 aromatic heterocycles.